The van der Waals surface area contributed by atoms with Crippen molar-refractivity contribution in [1.29, 1.82) is 0 Å². The highest BCUT2D eigenvalue weighted by Crippen LogP contribution is 2.07. The van der Waals surface area contributed by atoms with E-state index in [9.17, 15) is 21.9 Å². The SMILES string of the molecule is O=S(=O)(CCCl)CC[C@@H](O)S(=O)(=O)CCCl. The lowest BCUT2D eigenvalue weighted by Crippen LogP contribution is -2.27. The Morgan fingerprint density at radius 1 is 0.938 bits per heavy atom. The summed E-state index contributed by atoms with van der Waals surface area (Å²) < 4.78 is 44.9. The van der Waals surface area contributed by atoms with Gasteiger partial charge in [0.25, 0.3) is 0 Å². The van der Waals surface area contributed by atoms with E-state index in [0.29, 0.717) is 0 Å². The summed E-state index contributed by atoms with van der Waals surface area (Å²) in [6.45, 7) is 0. The first-order chi connectivity index (χ1) is 7.25. The molecule has 0 saturated heterocycles. The molecule has 0 radical (unpaired) electrons. The summed E-state index contributed by atoms with van der Waals surface area (Å²) >= 11 is 10.5. The summed E-state index contributed by atoms with van der Waals surface area (Å²) in [7, 11) is -7.11. The third-order valence-electron chi connectivity index (χ3n) is 1.84. The van der Waals surface area contributed by atoms with Crippen LogP contribution in [0.1, 0.15) is 6.42 Å². The van der Waals surface area contributed by atoms with Gasteiger partial charge in [-0.2, -0.15) is 0 Å². The molecule has 1 N–H and O–H groups in total. The van der Waals surface area contributed by atoms with Crippen LogP contribution in [0, 0.1) is 0 Å². The first-order valence-electron chi connectivity index (χ1n) is 4.47. The maximum absolute atomic E-state index is 11.2. The minimum Gasteiger partial charge on any atom is -0.377 e. The Labute approximate surface area is 106 Å². The Morgan fingerprint density at radius 3 is 1.88 bits per heavy atom. The number of alkyl halides is 2. The number of aliphatic hydroxyl groups is 1. The molecule has 0 rings (SSSR count). The molecule has 1 atom stereocenters. The highest BCUT2D eigenvalue weighted by atomic mass is 35.5. The van der Waals surface area contributed by atoms with Crippen molar-refractivity contribution in [3.8, 4) is 0 Å². The maximum Gasteiger partial charge on any atom is 0.178 e. The zero-order valence-electron chi connectivity index (χ0n) is 8.47. The molecule has 9 heteroatoms. The van der Waals surface area contributed by atoms with Crippen molar-refractivity contribution in [3.05, 3.63) is 0 Å². The summed E-state index contributed by atoms with van der Waals surface area (Å²) in [5.41, 5.74) is -1.68. The van der Waals surface area contributed by atoms with E-state index in [1.165, 1.54) is 0 Å². The third-order valence-corrected chi connectivity index (χ3v) is 6.19. The molecule has 5 nitrogen and oxygen atoms in total. The van der Waals surface area contributed by atoms with Gasteiger partial charge in [0.2, 0.25) is 0 Å². The average molecular weight is 313 g/mol. The van der Waals surface area contributed by atoms with Crippen LogP contribution < -0.4 is 0 Å². The topological polar surface area (TPSA) is 88.5 Å². The van der Waals surface area contributed by atoms with Gasteiger partial charge in [-0.25, -0.2) is 16.8 Å². The van der Waals surface area contributed by atoms with Gasteiger partial charge in [-0.15, -0.1) is 23.2 Å². The van der Waals surface area contributed by atoms with E-state index in [1.54, 1.807) is 0 Å². The molecule has 0 aliphatic carbocycles. The second kappa shape index (κ2) is 7.00. The summed E-state index contributed by atoms with van der Waals surface area (Å²) in [6, 6.07) is 0. The van der Waals surface area contributed by atoms with Gasteiger partial charge in [0.1, 0.15) is 0 Å². The van der Waals surface area contributed by atoms with E-state index >= 15 is 0 Å². The predicted octanol–water partition coefficient (Wildman–Crippen LogP) is 0.00210. The highest BCUT2D eigenvalue weighted by molar-refractivity contribution is 7.92. The molecule has 16 heavy (non-hydrogen) atoms. The monoisotopic (exact) mass is 312 g/mol. The lowest BCUT2D eigenvalue weighted by atomic mass is 10.5. The molecule has 0 spiro atoms. The van der Waals surface area contributed by atoms with Crippen molar-refractivity contribution < 1.29 is 21.9 Å². The van der Waals surface area contributed by atoms with Crippen molar-refractivity contribution >= 4 is 42.9 Å². The van der Waals surface area contributed by atoms with Gasteiger partial charge < -0.3 is 5.11 Å². The standard InChI is InChI=1S/C7H14Cl2O5S2/c8-2-5-15(11,12)4-1-7(10)16(13,14)6-3-9/h7,10H,1-6H2/t7-/m0/s1. The van der Waals surface area contributed by atoms with Gasteiger partial charge >= 0.3 is 0 Å². The fourth-order valence-corrected chi connectivity index (χ4v) is 4.41. The van der Waals surface area contributed by atoms with E-state index in [-0.39, 0.29) is 29.7 Å². The van der Waals surface area contributed by atoms with E-state index in [0.717, 1.165) is 0 Å². The number of rotatable bonds is 8. The zero-order valence-corrected chi connectivity index (χ0v) is 11.6. The molecule has 0 aliphatic rings. The zero-order chi connectivity index (χ0) is 12.8. The Morgan fingerprint density at radius 2 is 1.44 bits per heavy atom. The van der Waals surface area contributed by atoms with E-state index in [1.807, 2.05) is 0 Å². The minimum absolute atomic E-state index is 0.0488. The second-order valence-corrected chi connectivity index (χ2v) is 8.48. The van der Waals surface area contributed by atoms with Crippen LogP contribution >= 0.6 is 23.2 Å². The number of sulfone groups is 2. The van der Waals surface area contributed by atoms with Crippen LogP contribution in [-0.2, 0) is 19.7 Å². The van der Waals surface area contributed by atoms with Crippen LogP contribution in [0.15, 0.2) is 0 Å². The summed E-state index contributed by atoms with van der Waals surface area (Å²) in [5.74, 6) is -1.18. The van der Waals surface area contributed by atoms with Crippen molar-refractivity contribution in [2.24, 2.45) is 0 Å². The minimum atomic E-state index is -3.72. The molecule has 0 fully saturated rings. The summed E-state index contributed by atoms with van der Waals surface area (Å²) in [4.78, 5) is 0. The molecular formula is C7H14Cl2O5S2. The predicted molar refractivity (Wildman–Crippen MR) is 64.5 cm³/mol. The van der Waals surface area contributed by atoms with Gasteiger partial charge in [-0.05, 0) is 0 Å². The fraction of sp³-hybridized carbons (Fsp3) is 1.00. The van der Waals surface area contributed by atoms with E-state index in [2.05, 4.69) is 0 Å². The summed E-state index contributed by atoms with van der Waals surface area (Å²) in [5, 5.41) is 9.30. The lowest BCUT2D eigenvalue weighted by molar-refractivity contribution is 0.245. The molecule has 0 aromatic carbocycles. The number of hydrogen-bond donors (Lipinski definition) is 1. The van der Waals surface area contributed by atoms with E-state index in [4.69, 9.17) is 23.2 Å². The molecule has 0 unspecified atom stereocenters. The molecule has 0 heterocycles. The number of hydrogen-bond acceptors (Lipinski definition) is 5. The number of halogens is 2. The molecular weight excluding hydrogens is 299 g/mol. The van der Waals surface area contributed by atoms with Crippen molar-refractivity contribution in [2.75, 3.05) is 29.0 Å². The van der Waals surface area contributed by atoms with E-state index < -0.39 is 30.9 Å². The first-order valence-corrected chi connectivity index (χ1v) is 9.08. The van der Waals surface area contributed by atoms with Gasteiger partial charge in [-0.1, -0.05) is 0 Å². The fourth-order valence-electron chi connectivity index (χ4n) is 0.923. The average Bonchev–Trinajstić information content (AvgIpc) is 2.14. The van der Waals surface area contributed by atoms with Crippen LogP contribution in [0.5, 0.6) is 0 Å². The van der Waals surface area contributed by atoms with Gasteiger partial charge in [0.15, 0.2) is 25.1 Å². The van der Waals surface area contributed by atoms with Crippen molar-refractivity contribution in [3.63, 3.8) is 0 Å². The lowest BCUT2D eigenvalue weighted by Gasteiger charge is -2.10. The number of aliphatic hydroxyl groups excluding tert-OH is 1. The van der Waals surface area contributed by atoms with Crippen molar-refractivity contribution in [2.45, 2.75) is 11.9 Å². The Hall–Kier alpha value is 0.440. The van der Waals surface area contributed by atoms with Gasteiger partial charge in [-0.3, -0.25) is 0 Å². The van der Waals surface area contributed by atoms with Gasteiger partial charge in [0, 0.05) is 18.2 Å². The normalized spacial score (nSPS) is 14.9. The molecule has 0 aromatic heterocycles. The molecule has 98 valence electrons. The molecule has 0 bridgehead atoms. The smallest absolute Gasteiger partial charge is 0.178 e. The Bertz CT molecular complexity index is 389. The van der Waals surface area contributed by atoms with Crippen LogP contribution in [0.25, 0.3) is 0 Å². The molecule has 0 saturated carbocycles. The van der Waals surface area contributed by atoms with Crippen LogP contribution in [0.4, 0.5) is 0 Å². The maximum atomic E-state index is 11.2. The first kappa shape index (κ1) is 16.4. The molecule has 0 amide bonds. The third kappa shape index (κ3) is 6.24. The highest BCUT2D eigenvalue weighted by Gasteiger charge is 2.24. The quantitative estimate of drug-likeness (QED) is 0.637. The largest absolute Gasteiger partial charge is 0.377 e. The van der Waals surface area contributed by atoms with Gasteiger partial charge in [0.05, 0.1) is 17.3 Å². The molecule has 0 aliphatic heterocycles. The Balaban J connectivity index is 4.33. The van der Waals surface area contributed by atoms with Crippen LogP contribution in [0.2, 0.25) is 0 Å². The molecule has 0 aromatic rings. The van der Waals surface area contributed by atoms with Crippen LogP contribution in [-0.4, -0.2) is 56.4 Å². The van der Waals surface area contributed by atoms with Crippen LogP contribution in [0.3, 0.4) is 0 Å². The summed E-state index contributed by atoms with van der Waals surface area (Å²) in [6.07, 6.45) is -0.349. The van der Waals surface area contributed by atoms with Crippen molar-refractivity contribution in [1.82, 2.24) is 0 Å². The Kier molecular flexibility index (Phi) is 7.20. The second-order valence-electron chi connectivity index (χ2n) is 3.14.